The molecule has 2 saturated heterocycles. The van der Waals surface area contributed by atoms with Crippen molar-refractivity contribution in [2.75, 3.05) is 26.7 Å². The molecule has 5 heteroatoms. The van der Waals surface area contributed by atoms with Gasteiger partial charge in [-0.05, 0) is 64.0 Å². The normalized spacial score (nSPS) is 26.2. The van der Waals surface area contributed by atoms with E-state index in [9.17, 15) is 0 Å². The molecule has 1 N–H and O–H groups in total. The lowest BCUT2D eigenvalue weighted by molar-refractivity contribution is 0.302. The van der Waals surface area contributed by atoms with E-state index in [0.29, 0.717) is 12.0 Å². The Balaban J connectivity index is 1.65. The first-order valence-electron chi connectivity index (χ1n) is 8.52. The number of likely N-dealkylation sites (tertiary alicyclic amines) is 1. The van der Waals surface area contributed by atoms with Gasteiger partial charge in [0.05, 0.1) is 0 Å². The number of likely N-dealkylation sites (N-methyl/N-ethyl adjacent to an activating group) is 1. The van der Waals surface area contributed by atoms with Gasteiger partial charge in [0.25, 0.3) is 0 Å². The number of pyridine rings is 1. The minimum absolute atomic E-state index is 0.636. The molecule has 5 nitrogen and oxygen atoms in total. The van der Waals surface area contributed by atoms with Crippen LogP contribution in [0.3, 0.4) is 0 Å². The van der Waals surface area contributed by atoms with Crippen LogP contribution in [0.5, 0.6) is 0 Å². The Morgan fingerprint density at radius 3 is 3.09 bits per heavy atom. The molecule has 0 radical (unpaired) electrons. The lowest BCUT2D eigenvalue weighted by Crippen LogP contribution is -2.28. The fourth-order valence-corrected chi connectivity index (χ4v) is 3.93. The average Bonchev–Trinajstić information content (AvgIpc) is 3.24. The maximum absolute atomic E-state index is 4.91. The summed E-state index contributed by atoms with van der Waals surface area (Å²) in [5.41, 5.74) is 2.11. The highest BCUT2D eigenvalue weighted by Crippen LogP contribution is 2.23. The molecule has 22 heavy (non-hydrogen) atoms. The van der Waals surface area contributed by atoms with Gasteiger partial charge in [-0.2, -0.15) is 0 Å². The molecule has 0 aromatic carbocycles. The van der Waals surface area contributed by atoms with E-state index in [1.54, 1.807) is 0 Å². The topological polar surface area (TPSA) is 46.0 Å². The maximum atomic E-state index is 4.91. The number of aromatic nitrogens is 3. The summed E-state index contributed by atoms with van der Waals surface area (Å²) in [6, 6.07) is 4.72. The number of imidazole rings is 1. The first-order chi connectivity index (χ1) is 10.8. The highest BCUT2D eigenvalue weighted by atomic mass is 15.2. The van der Waals surface area contributed by atoms with Crippen LogP contribution in [-0.4, -0.2) is 52.2 Å². The Morgan fingerprint density at radius 2 is 2.32 bits per heavy atom. The number of hydrogen-bond donors (Lipinski definition) is 1. The minimum atomic E-state index is 0.636. The molecule has 4 rings (SSSR count). The molecule has 0 aliphatic carbocycles. The van der Waals surface area contributed by atoms with Gasteiger partial charge >= 0.3 is 0 Å². The summed E-state index contributed by atoms with van der Waals surface area (Å²) in [7, 11) is 2.24. The van der Waals surface area contributed by atoms with E-state index >= 15 is 0 Å². The maximum Gasteiger partial charge on any atom is 0.159 e. The van der Waals surface area contributed by atoms with Crippen LogP contribution in [0.1, 0.15) is 25.1 Å². The van der Waals surface area contributed by atoms with Gasteiger partial charge in [0.1, 0.15) is 11.3 Å². The fraction of sp³-hybridized carbons (Fsp3) is 0.647. The second kappa shape index (κ2) is 5.97. The predicted molar refractivity (Wildman–Crippen MR) is 87.9 cm³/mol. The SMILES string of the molecule is CN1CCCC1Cc1nc2cccnc2n1CC1CCNC1. The lowest BCUT2D eigenvalue weighted by Gasteiger charge is -2.20. The first-order valence-corrected chi connectivity index (χ1v) is 8.52. The Kier molecular flexibility index (Phi) is 3.84. The zero-order valence-electron chi connectivity index (χ0n) is 13.3. The molecule has 2 atom stereocenters. The zero-order chi connectivity index (χ0) is 14.9. The lowest BCUT2D eigenvalue weighted by atomic mass is 10.1. The van der Waals surface area contributed by atoms with E-state index in [1.807, 2.05) is 12.3 Å². The van der Waals surface area contributed by atoms with Crippen molar-refractivity contribution < 1.29 is 0 Å². The van der Waals surface area contributed by atoms with Crippen LogP contribution in [0.2, 0.25) is 0 Å². The van der Waals surface area contributed by atoms with Gasteiger partial charge in [-0.1, -0.05) is 0 Å². The smallest absolute Gasteiger partial charge is 0.159 e. The predicted octanol–water partition coefficient (Wildman–Crippen LogP) is 1.68. The summed E-state index contributed by atoms with van der Waals surface area (Å²) < 4.78 is 2.39. The summed E-state index contributed by atoms with van der Waals surface area (Å²) in [5.74, 6) is 1.93. The van der Waals surface area contributed by atoms with Gasteiger partial charge < -0.3 is 14.8 Å². The van der Waals surface area contributed by atoms with Crippen LogP contribution in [-0.2, 0) is 13.0 Å². The van der Waals surface area contributed by atoms with Gasteiger partial charge in [0.2, 0.25) is 0 Å². The van der Waals surface area contributed by atoms with Crippen molar-refractivity contribution in [3.05, 3.63) is 24.2 Å². The Morgan fingerprint density at radius 1 is 1.36 bits per heavy atom. The number of rotatable bonds is 4. The molecule has 118 valence electrons. The molecule has 0 amide bonds. The van der Waals surface area contributed by atoms with Crippen molar-refractivity contribution in [3.63, 3.8) is 0 Å². The van der Waals surface area contributed by atoms with Gasteiger partial charge in [0, 0.05) is 25.2 Å². The molecule has 4 heterocycles. The van der Waals surface area contributed by atoms with Gasteiger partial charge in [0.15, 0.2) is 5.65 Å². The minimum Gasteiger partial charge on any atom is -0.316 e. The van der Waals surface area contributed by atoms with Crippen LogP contribution in [0, 0.1) is 5.92 Å². The summed E-state index contributed by atoms with van der Waals surface area (Å²) >= 11 is 0. The van der Waals surface area contributed by atoms with E-state index in [-0.39, 0.29) is 0 Å². The summed E-state index contributed by atoms with van der Waals surface area (Å²) in [6.07, 6.45) is 6.80. The molecule has 0 saturated carbocycles. The third-order valence-corrected chi connectivity index (χ3v) is 5.28. The first kappa shape index (κ1) is 14.2. The quantitative estimate of drug-likeness (QED) is 0.933. The van der Waals surface area contributed by atoms with Crippen LogP contribution in [0.25, 0.3) is 11.2 Å². The number of hydrogen-bond acceptors (Lipinski definition) is 4. The van der Waals surface area contributed by atoms with E-state index in [2.05, 4.69) is 32.9 Å². The van der Waals surface area contributed by atoms with E-state index in [4.69, 9.17) is 4.98 Å². The Bertz CT molecular complexity index is 644. The van der Waals surface area contributed by atoms with Gasteiger partial charge in [-0.15, -0.1) is 0 Å². The molecular formula is C17H25N5. The van der Waals surface area contributed by atoms with Crippen molar-refractivity contribution in [1.82, 2.24) is 24.8 Å². The molecular weight excluding hydrogens is 274 g/mol. The van der Waals surface area contributed by atoms with E-state index < -0.39 is 0 Å². The second-order valence-electron chi connectivity index (χ2n) is 6.82. The highest BCUT2D eigenvalue weighted by molar-refractivity contribution is 5.71. The van der Waals surface area contributed by atoms with Gasteiger partial charge in [-0.3, -0.25) is 0 Å². The Hall–Kier alpha value is -1.46. The monoisotopic (exact) mass is 299 g/mol. The van der Waals surface area contributed by atoms with Crippen molar-refractivity contribution in [2.45, 2.75) is 38.3 Å². The second-order valence-corrected chi connectivity index (χ2v) is 6.82. The molecule has 2 unspecified atom stereocenters. The van der Waals surface area contributed by atoms with Crippen molar-refractivity contribution in [1.29, 1.82) is 0 Å². The zero-order valence-corrected chi connectivity index (χ0v) is 13.3. The fourth-order valence-electron chi connectivity index (χ4n) is 3.93. The van der Waals surface area contributed by atoms with E-state index in [1.165, 1.54) is 31.6 Å². The highest BCUT2D eigenvalue weighted by Gasteiger charge is 2.25. The molecule has 2 aliphatic rings. The Labute approximate surface area is 131 Å². The van der Waals surface area contributed by atoms with Crippen molar-refractivity contribution in [2.24, 2.45) is 5.92 Å². The van der Waals surface area contributed by atoms with Crippen molar-refractivity contribution in [3.8, 4) is 0 Å². The molecule has 0 bridgehead atoms. The molecule has 2 aromatic heterocycles. The number of nitrogens with one attached hydrogen (secondary N) is 1. The molecule has 0 spiro atoms. The van der Waals surface area contributed by atoms with Crippen LogP contribution >= 0.6 is 0 Å². The molecule has 2 aromatic rings. The summed E-state index contributed by atoms with van der Waals surface area (Å²) in [4.78, 5) is 12.0. The molecule has 2 aliphatic heterocycles. The largest absolute Gasteiger partial charge is 0.316 e. The summed E-state index contributed by atoms with van der Waals surface area (Å²) in [5, 5.41) is 3.47. The number of fused-ring (bicyclic) bond motifs is 1. The van der Waals surface area contributed by atoms with Crippen LogP contribution in [0.4, 0.5) is 0 Å². The summed E-state index contributed by atoms with van der Waals surface area (Å²) in [6.45, 7) is 4.53. The average molecular weight is 299 g/mol. The standard InChI is InChI=1S/C17H25N5/c1-21-9-3-4-14(21)10-16-20-15-5-2-7-19-17(15)22(16)12-13-6-8-18-11-13/h2,5,7,13-14,18H,3-4,6,8-12H2,1H3. The van der Waals surface area contributed by atoms with E-state index in [0.717, 1.165) is 37.2 Å². The van der Waals surface area contributed by atoms with Gasteiger partial charge in [-0.25, -0.2) is 9.97 Å². The molecule has 2 fully saturated rings. The number of nitrogens with zero attached hydrogens (tertiary/aromatic N) is 4. The third kappa shape index (κ3) is 2.63. The van der Waals surface area contributed by atoms with Crippen molar-refractivity contribution >= 4 is 11.2 Å². The van der Waals surface area contributed by atoms with Crippen LogP contribution in [0.15, 0.2) is 18.3 Å². The third-order valence-electron chi connectivity index (χ3n) is 5.28. The van der Waals surface area contributed by atoms with Crippen LogP contribution < -0.4 is 5.32 Å².